The molecule has 2 rings (SSSR count). The van der Waals surface area contributed by atoms with Gasteiger partial charge in [0.2, 0.25) is 0 Å². The normalized spacial score (nSPS) is 19.1. The summed E-state index contributed by atoms with van der Waals surface area (Å²) in [6.07, 6.45) is 2.54. The molecule has 3 heteroatoms. The van der Waals surface area contributed by atoms with E-state index in [-0.39, 0.29) is 5.54 Å². The van der Waals surface area contributed by atoms with Gasteiger partial charge in [-0.3, -0.25) is 0 Å². The van der Waals surface area contributed by atoms with Crippen LogP contribution in [0.5, 0.6) is 0 Å². The highest BCUT2D eigenvalue weighted by Gasteiger charge is 2.32. The summed E-state index contributed by atoms with van der Waals surface area (Å²) in [7, 11) is 0. The molecule has 0 unspecified atom stereocenters. The first-order valence-corrected chi connectivity index (χ1v) is 6.60. The Hall–Kier alpha value is -0.540. The third kappa shape index (κ3) is 2.11. The average Bonchev–Trinajstić information content (AvgIpc) is 2.58. The van der Waals surface area contributed by atoms with Gasteiger partial charge >= 0.3 is 0 Å². The fraction of sp³-hybridized carbons (Fsp3) is 0.538. The Morgan fingerprint density at radius 2 is 2.19 bits per heavy atom. The molecule has 0 amide bonds. The second kappa shape index (κ2) is 4.38. The smallest absolute Gasteiger partial charge is 0.0515 e. The topological polar surface area (TPSA) is 29.3 Å². The van der Waals surface area contributed by atoms with Crippen LogP contribution in [0.2, 0.25) is 0 Å². The van der Waals surface area contributed by atoms with Gasteiger partial charge in [0.1, 0.15) is 0 Å². The molecule has 0 aromatic heterocycles. The lowest BCUT2D eigenvalue weighted by Crippen LogP contribution is -2.38. The van der Waals surface area contributed by atoms with Crippen LogP contribution < -0.4 is 10.6 Å². The summed E-state index contributed by atoms with van der Waals surface area (Å²) < 4.78 is 1.16. The summed E-state index contributed by atoms with van der Waals surface area (Å²) >= 11 is 3.65. The SMILES string of the molecule is CC1(C)CCCN1c1ccc(CN)cc1Br. The summed E-state index contributed by atoms with van der Waals surface area (Å²) in [6.45, 7) is 6.36. The van der Waals surface area contributed by atoms with Crippen LogP contribution in [-0.4, -0.2) is 12.1 Å². The van der Waals surface area contributed by atoms with Gasteiger partial charge in [-0.15, -0.1) is 0 Å². The first kappa shape index (κ1) is 11.9. The third-order valence-electron chi connectivity index (χ3n) is 3.44. The van der Waals surface area contributed by atoms with Crippen LogP contribution in [0.1, 0.15) is 32.3 Å². The Morgan fingerprint density at radius 3 is 2.69 bits per heavy atom. The van der Waals surface area contributed by atoms with Crippen LogP contribution >= 0.6 is 15.9 Å². The zero-order valence-electron chi connectivity index (χ0n) is 9.96. The van der Waals surface area contributed by atoms with Crippen LogP contribution in [0.25, 0.3) is 0 Å². The number of hydrogen-bond acceptors (Lipinski definition) is 2. The van der Waals surface area contributed by atoms with Crippen LogP contribution in [0.3, 0.4) is 0 Å². The highest BCUT2D eigenvalue weighted by Crippen LogP contribution is 2.37. The fourth-order valence-corrected chi connectivity index (χ4v) is 3.09. The van der Waals surface area contributed by atoms with E-state index in [1.54, 1.807) is 0 Å². The molecule has 2 N–H and O–H groups in total. The lowest BCUT2D eigenvalue weighted by atomic mass is 10.0. The second-order valence-electron chi connectivity index (χ2n) is 5.06. The standard InChI is InChI=1S/C13H19BrN2/c1-13(2)6-3-7-16(13)12-5-4-10(9-15)8-11(12)14/h4-5,8H,3,6-7,9,15H2,1-2H3. The van der Waals surface area contributed by atoms with Crippen molar-refractivity contribution in [2.24, 2.45) is 5.73 Å². The molecule has 1 saturated heterocycles. The third-order valence-corrected chi connectivity index (χ3v) is 4.07. The lowest BCUT2D eigenvalue weighted by molar-refractivity contribution is 0.517. The minimum atomic E-state index is 0.271. The summed E-state index contributed by atoms with van der Waals surface area (Å²) in [5, 5.41) is 0. The van der Waals surface area contributed by atoms with Crippen molar-refractivity contribution >= 4 is 21.6 Å². The molecule has 1 aromatic rings. The molecule has 0 radical (unpaired) electrons. The van der Waals surface area contributed by atoms with Crippen molar-refractivity contribution < 1.29 is 0 Å². The number of benzene rings is 1. The predicted molar refractivity (Wildman–Crippen MR) is 72.7 cm³/mol. The number of nitrogens with zero attached hydrogens (tertiary/aromatic N) is 1. The number of halogens is 1. The van der Waals surface area contributed by atoms with Gasteiger partial charge in [0.25, 0.3) is 0 Å². The van der Waals surface area contributed by atoms with Crippen LogP contribution in [0.15, 0.2) is 22.7 Å². The predicted octanol–water partition coefficient (Wildman–Crippen LogP) is 3.29. The minimum Gasteiger partial charge on any atom is -0.366 e. The molecule has 88 valence electrons. The van der Waals surface area contributed by atoms with E-state index in [2.05, 4.69) is 52.9 Å². The highest BCUT2D eigenvalue weighted by atomic mass is 79.9. The van der Waals surface area contributed by atoms with Crippen LogP contribution in [0, 0.1) is 0 Å². The molecule has 0 spiro atoms. The summed E-state index contributed by atoms with van der Waals surface area (Å²) in [5.74, 6) is 0. The fourth-order valence-electron chi connectivity index (χ4n) is 2.45. The Labute approximate surface area is 106 Å². The van der Waals surface area contributed by atoms with Crippen molar-refractivity contribution in [2.75, 3.05) is 11.4 Å². The van der Waals surface area contributed by atoms with Gasteiger partial charge in [0, 0.05) is 23.1 Å². The van der Waals surface area contributed by atoms with Gasteiger partial charge in [-0.1, -0.05) is 6.07 Å². The van der Waals surface area contributed by atoms with Gasteiger partial charge in [0.05, 0.1) is 5.69 Å². The maximum Gasteiger partial charge on any atom is 0.0515 e. The van der Waals surface area contributed by atoms with E-state index in [1.165, 1.54) is 24.1 Å². The molecule has 2 nitrogen and oxygen atoms in total. The quantitative estimate of drug-likeness (QED) is 0.902. The van der Waals surface area contributed by atoms with Crippen LogP contribution in [0.4, 0.5) is 5.69 Å². The van der Waals surface area contributed by atoms with E-state index < -0.39 is 0 Å². The number of anilines is 1. The molecule has 1 aromatic carbocycles. The first-order valence-electron chi connectivity index (χ1n) is 5.81. The van der Waals surface area contributed by atoms with Crippen LogP contribution in [-0.2, 0) is 6.54 Å². The molecule has 1 aliphatic heterocycles. The molecule has 16 heavy (non-hydrogen) atoms. The van der Waals surface area contributed by atoms with Crippen molar-refractivity contribution in [2.45, 2.75) is 38.8 Å². The highest BCUT2D eigenvalue weighted by molar-refractivity contribution is 9.10. The summed E-state index contributed by atoms with van der Waals surface area (Å²) in [4.78, 5) is 2.48. The van der Waals surface area contributed by atoms with E-state index in [0.29, 0.717) is 6.54 Å². The Morgan fingerprint density at radius 1 is 1.44 bits per heavy atom. The number of nitrogens with two attached hydrogens (primary N) is 1. The zero-order valence-corrected chi connectivity index (χ0v) is 11.5. The minimum absolute atomic E-state index is 0.271. The maximum absolute atomic E-state index is 5.64. The van der Waals surface area contributed by atoms with E-state index in [9.17, 15) is 0 Å². The van der Waals surface area contributed by atoms with Gasteiger partial charge in [-0.05, 0) is 60.3 Å². The van der Waals surface area contributed by atoms with Gasteiger partial charge in [0.15, 0.2) is 0 Å². The molecule has 0 bridgehead atoms. The van der Waals surface area contributed by atoms with Crippen molar-refractivity contribution in [3.05, 3.63) is 28.2 Å². The second-order valence-corrected chi connectivity index (χ2v) is 5.91. The molecule has 1 fully saturated rings. The monoisotopic (exact) mass is 282 g/mol. The zero-order chi connectivity index (χ0) is 11.8. The number of rotatable bonds is 2. The molecule has 1 heterocycles. The molecular weight excluding hydrogens is 264 g/mol. The molecular formula is C13H19BrN2. The van der Waals surface area contributed by atoms with E-state index in [0.717, 1.165) is 11.0 Å². The van der Waals surface area contributed by atoms with Gasteiger partial charge in [-0.25, -0.2) is 0 Å². The Balaban J connectivity index is 2.34. The largest absolute Gasteiger partial charge is 0.366 e. The molecule has 0 aliphatic carbocycles. The van der Waals surface area contributed by atoms with Crippen molar-refractivity contribution in [3.63, 3.8) is 0 Å². The van der Waals surface area contributed by atoms with Crippen molar-refractivity contribution in [1.29, 1.82) is 0 Å². The van der Waals surface area contributed by atoms with Gasteiger partial charge in [-0.2, -0.15) is 0 Å². The first-order chi connectivity index (χ1) is 7.54. The maximum atomic E-state index is 5.64. The number of hydrogen-bond donors (Lipinski definition) is 1. The Kier molecular flexibility index (Phi) is 3.27. The van der Waals surface area contributed by atoms with Crippen molar-refractivity contribution in [3.8, 4) is 0 Å². The van der Waals surface area contributed by atoms with E-state index >= 15 is 0 Å². The lowest BCUT2D eigenvalue weighted by Gasteiger charge is -2.34. The van der Waals surface area contributed by atoms with Crippen molar-refractivity contribution in [1.82, 2.24) is 0 Å². The molecule has 0 saturated carbocycles. The van der Waals surface area contributed by atoms with E-state index in [1.807, 2.05) is 0 Å². The Bertz CT molecular complexity index is 388. The van der Waals surface area contributed by atoms with Gasteiger partial charge < -0.3 is 10.6 Å². The van der Waals surface area contributed by atoms with E-state index in [4.69, 9.17) is 5.73 Å². The summed E-state index contributed by atoms with van der Waals surface area (Å²) in [5.41, 5.74) is 8.38. The average molecular weight is 283 g/mol. The molecule has 1 aliphatic rings. The summed E-state index contributed by atoms with van der Waals surface area (Å²) in [6, 6.07) is 6.43. The molecule has 0 atom stereocenters.